The van der Waals surface area contributed by atoms with Gasteiger partial charge in [0.25, 0.3) is 11.8 Å². The Morgan fingerprint density at radius 3 is 2.47 bits per heavy atom. The van der Waals surface area contributed by atoms with Crippen molar-refractivity contribution in [3.63, 3.8) is 0 Å². The molecule has 3 unspecified atom stereocenters. The second kappa shape index (κ2) is 9.19. The fraction of sp³-hybridized carbons (Fsp3) is 0.333. The van der Waals surface area contributed by atoms with E-state index in [0.717, 1.165) is 0 Å². The van der Waals surface area contributed by atoms with E-state index < -0.39 is 29.0 Å². The number of likely N-dealkylation sites (N-methyl/N-ethyl adjacent to an activating group) is 1. The molecule has 0 saturated carbocycles. The molecule has 1 aromatic heterocycles. The smallest absolute Gasteiger partial charge is 0.255 e. The molecule has 0 fully saturated rings. The molecule has 2 heterocycles. The number of hydrogen-bond acceptors (Lipinski definition) is 5. The Bertz CT molecular complexity index is 1290. The molecule has 4 rings (SSSR count). The first-order valence-corrected chi connectivity index (χ1v) is 12.2. The standard InChI is InChI=1S/C24H26FN3O5S/c1-13-16-10-17-19(11-18(16)28(34(5)31)12-20(32-13)24(30)27(3)4)33-22(21(17)23(29)26-2)14-6-8-15(25)9-7-14/h6-11,13,20H,12H2,1-5H3,(H,26,29). The minimum Gasteiger partial charge on any atom is -0.455 e. The molecule has 0 spiro atoms. The van der Waals surface area contributed by atoms with Crippen LogP contribution in [-0.2, 0) is 20.5 Å². The van der Waals surface area contributed by atoms with Crippen molar-refractivity contribution >= 4 is 39.5 Å². The molecule has 180 valence electrons. The molecule has 0 saturated heterocycles. The van der Waals surface area contributed by atoms with Gasteiger partial charge in [0.05, 0.1) is 23.9 Å². The van der Waals surface area contributed by atoms with Gasteiger partial charge in [0.15, 0.2) is 6.10 Å². The lowest BCUT2D eigenvalue weighted by molar-refractivity contribution is -0.143. The number of fused-ring (bicyclic) bond motifs is 2. The zero-order valence-corrected chi connectivity index (χ0v) is 20.4. The van der Waals surface area contributed by atoms with Crippen LogP contribution in [-0.4, -0.2) is 61.0 Å². The molecule has 8 nitrogen and oxygen atoms in total. The van der Waals surface area contributed by atoms with Gasteiger partial charge >= 0.3 is 0 Å². The number of hydrogen-bond donors (Lipinski definition) is 1. The molecule has 1 aliphatic heterocycles. The number of carbonyl (C=O) groups is 2. The first-order chi connectivity index (χ1) is 16.1. The number of rotatable bonds is 4. The number of halogens is 1. The highest BCUT2D eigenvalue weighted by Crippen LogP contribution is 2.41. The summed E-state index contributed by atoms with van der Waals surface area (Å²) in [6.45, 7) is 1.90. The average molecular weight is 488 g/mol. The number of furan rings is 1. The zero-order chi connectivity index (χ0) is 24.7. The summed E-state index contributed by atoms with van der Waals surface area (Å²) in [4.78, 5) is 27.0. The lowest BCUT2D eigenvalue weighted by Gasteiger charge is -2.25. The van der Waals surface area contributed by atoms with Crippen LogP contribution in [0.1, 0.15) is 28.9 Å². The van der Waals surface area contributed by atoms with Gasteiger partial charge in [0.2, 0.25) is 0 Å². The summed E-state index contributed by atoms with van der Waals surface area (Å²) in [5.74, 6) is -0.699. The van der Waals surface area contributed by atoms with Crippen LogP contribution in [0.2, 0.25) is 0 Å². The van der Waals surface area contributed by atoms with E-state index in [1.165, 1.54) is 30.3 Å². The molecule has 0 radical (unpaired) electrons. The molecule has 1 aliphatic rings. The van der Waals surface area contributed by atoms with Crippen molar-refractivity contribution in [2.45, 2.75) is 19.1 Å². The van der Waals surface area contributed by atoms with E-state index in [4.69, 9.17) is 9.15 Å². The Labute approximate surface area is 199 Å². The van der Waals surface area contributed by atoms with Crippen LogP contribution < -0.4 is 9.62 Å². The monoisotopic (exact) mass is 487 g/mol. The number of carbonyl (C=O) groups excluding carboxylic acids is 2. The molecular formula is C24H26FN3O5S. The quantitative estimate of drug-likeness (QED) is 0.610. The van der Waals surface area contributed by atoms with E-state index in [-0.39, 0.29) is 18.4 Å². The van der Waals surface area contributed by atoms with Crippen LogP contribution in [0.5, 0.6) is 0 Å². The zero-order valence-electron chi connectivity index (χ0n) is 19.5. The normalized spacial score (nSPS) is 18.8. The Hall–Kier alpha value is -3.24. The molecule has 10 heteroatoms. The maximum Gasteiger partial charge on any atom is 0.255 e. The highest BCUT2D eigenvalue weighted by atomic mass is 32.2. The van der Waals surface area contributed by atoms with E-state index in [0.29, 0.717) is 39.1 Å². The first-order valence-electron chi connectivity index (χ1n) is 10.7. The Kier molecular flexibility index (Phi) is 6.46. The van der Waals surface area contributed by atoms with Crippen LogP contribution in [0.25, 0.3) is 22.3 Å². The SMILES string of the molecule is CNC(=O)c1c(-c2ccc(F)cc2)oc2cc3c(cc12)C(C)OC(C(=O)N(C)C)CN3S(C)=O. The molecule has 0 bridgehead atoms. The second-order valence-corrected chi connectivity index (χ2v) is 9.57. The van der Waals surface area contributed by atoms with Gasteiger partial charge in [-0.1, -0.05) is 0 Å². The fourth-order valence-corrected chi connectivity index (χ4v) is 4.91. The molecule has 34 heavy (non-hydrogen) atoms. The topological polar surface area (TPSA) is 92.1 Å². The lowest BCUT2D eigenvalue weighted by atomic mass is 10.0. The van der Waals surface area contributed by atoms with E-state index in [1.54, 1.807) is 42.7 Å². The number of nitrogens with one attached hydrogen (secondary N) is 1. The van der Waals surface area contributed by atoms with Crippen molar-refractivity contribution in [3.05, 3.63) is 53.3 Å². The van der Waals surface area contributed by atoms with Crippen molar-refractivity contribution in [2.24, 2.45) is 0 Å². The third-order valence-corrected chi connectivity index (χ3v) is 6.80. The summed E-state index contributed by atoms with van der Waals surface area (Å²) in [6.07, 6.45) is 0.188. The molecule has 2 aromatic carbocycles. The van der Waals surface area contributed by atoms with Crippen LogP contribution in [0.3, 0.4) is 0 Å². The van der Waals surface area contributed by atoms with Gasteiger partial charge in [-0.2, -0.15) is 0 Å². The van der Waals surface area contributed by atoms with Gasteiger partial charge in [-0.25, -0.2) is 8.60 Å². The van der Waals surface area contributed by atoms with Gasteiger partial charge in [-0.15, -0.1) is 0 Å². The van der Waals surface area contributed by atoms with Crippen molar-refractivity contribution in [1.29, 1.82) is 0 Å². The predicted octanol–water partition coefficient (Wildman–Crippen LogP) is 3.25. The summed E-state index contributed by atoms with van der Waals surface area (Å²) in [7, 11) is 3.34. The number of amides is 2. The summed E-state index contributed by atoms with van der Waals surface area (Å²) in [5, 5.41) is 3.17. The summed E-state index contributed by atoms with van der Waals surface area (Å²) >= 11 is 0. The van der Waals surface area contributed by atoms with Gasteiger partial charge in [-0.3, -0.25) is 13.9 Å². The number of benzene rings is 2. The summed E-state index contributed by atoms with van der Waals surface area (Å²) < 4.78 is 40.0. The molecule has 1 N–H and O–H groups in total. The van der Waals surface area contributed by atoms with Gasteiger partial charge in [0.1, 0.15) is 28.1 Å². The fourth-order valence-electron chi connectivity index (χ4n) is 4.12. The summed E-state index contributed by atoms with van der Waals surface area (Å²) in [6, 6.07) is 9.17. The largest absolute Gasteiger partial charge is 0.455 e. The van der Waals surface area contributed by atoms with E-state index in [1.807, 2.05) is 6.92 Å². The van der Waals surface area contributed by atoms with Crippen molar-refractivity contribution < 1.29 is 27.3 Å². The van der Waals surface area contributed by atoms with Gasteiger partial charge < -0.3 is 19.4 Å². The van der Waals surface area contributed by atoms with Crippen LogP contribution >= 0.6 is 0 Å². The van der Waals surface area contributed by atoms with E-state index in [2.05, 4.69) is 5.32 Å². The Morgan fingerprint density at radius 1 is 1.21 bits per heavy atom. The minimum absolute atomic E-state index is 0.0940. The lowest BCUT2D eigenvalue weighted by Crippen LogP contribution is -2.43. The Morgan fingerprint density at radius 2 is 1.88 bits per heavy atom. The third-order valence-electron chi connectivity index (χ3n) is 5.83. The van der Waals surface area contributed by atoms with E-state index in [9.17, 15) is 18.2 Å². The molecule has 3 aromatic rings. The van der Waals surface area contributed by atoms with Crippen LogP contribution in [0, 0.1) is 5.82 Å². The number of ether oxygens (including phenoxy) is 1. The number of anilines is 1. The highest BCUT2D eigenvalue weighted by Gasteiger charge is 2.35. The molecule has 3 atom stereocenters. The predicted molar refractivity (Wildman–Crippen MR) is 128 cm³/mol. The maximum atomic E-state index is 13.5. The van der Waals surface area contributed by atoms with Gasteiger partial charge in [0, 0.05) is 50.0 Å². The number of nitrogens with zero attached hydrogens (tertiary/aromatic N) is 2. The highest BCUT2D eigenvalue weighted by molar-refractivity contribution is 7.85. The molecule has 2 amide bonds. The minimum atomic E-state index is -1.46. The maximum absolute atomic E-state index is 13.5. The first kappa shape index (κ1) is 23.9. The van der Waals surface area contributed by atoms with Crippen LogP contribution in [0.4, 0.5) is 10.1 Å². The third kappa shape index (κ3) is 4.19. The van der Waals surface area contributed by atoms with Crippen LogP contribution in [0.15, 0.2) is 40.8 Å². The second-order valence-electron chi connectivity index (χ2n) is 8.28. The average Bonchev–Trinajstić information content (AvgIpc) is 3.11. The van der Waals surface area contributed by atoms with Crippen molar-refractivity contribution in [2.75, 3.05) is 38.2 Å². The summed E-state index contributed by atoms with van der Waals surface area (Å²) in [5.41, 5.74) is 2.51. The van der Waals surface area contributed by atoms with Crippen molar-refractivity contribution in [1.82, 2.24) is 10.2 Å². The van der Waals surface area contributed by atoms with E-state index >= 15 is 0 Å². The van der Waals surface area contributed by atoms with Crippen molar-refractivity contribution in [3.8, 4) is 11.3 Å². The molecular weight excluding hydrogens is 461 g/mol. The Balaban J connectivity index is 1.94. The van der Waals surface area contributed by atoms with Gasteiger partial charge in [-0.05, 0) is 37.3 Å². The molecule has 0 aliphatic carbocycles.